The molecule has 0 bridgehead atoms. The number of nitro benzene ring substituents is 1. The predicted molar refractivity (Wildman–Crippen MR) is 111 cm³/mol. The number of fused-ring (bicyclic) bond motifs is 1. The van der Waals surface area contributed by atoms with E-state index in [9.17, 15) is 19.7 Å². The van der Waals surface area contributed by atoms with Gasteiger partial charge in [0.1, 0.15) is 5.75 Å². The highest BCUT2D eigenvalue weighted by molar-refractivity contribution is 8.00. The van der Waals surface area contributed by atoms with Crippen molar-refractivity contribution in [2.45, 2.75) is 24.7 Å². The van der Waals surface area contributed by atoms with Crippen LogP contribution in [0.25, 0.3) is 0 Å². The fourth-order valence-corrected chi connectivity index (χ4v) is 4.30. The van der Waals surface area contributed by atoms with E-state index >= 15 is 0 Å². The Kier molecular flexibility index (Phi) is 6.07. The molecule has 1 heterocycles. The lowest BCUT2D eigenvalue weighted by Crippen LogP contribution is -2.37. The molecule has 3 rings (SSSR count). The SMILES string of the molecule is COc1ccc(C)c2c1N(C(=O)CSc1ccc(C(N)=O)cc1[N+](=O)[O-])CCC2. The number of primary amides is 1. The number of anilines is 1. The molecule has 152 valence electrons. The monoisotopic (exact) mass is 415 g/mol. The summed E-state index contributed by atoms with van der Waals surface area (Å²) in [5.74, 6) is -0.241. The van der Waals surface area contributed by atoms with Gasteiger partial charge in [0, 0.05) is 18.2 Å². The van der Waals surface area contributed by atoms with E-state index in [1.807, 2.05) is 19.1 Å². The van der Waals surface area contributed by atoms with Crippen LogP contribution in [0, 0.1) is 17.0 Å². The van der Waals surface area contributed by atoms with Crippen LogP contribution in [0.5, 0.6) is 5.75 Å². The fraction of sp³-hybridized carbons (Fsp3) is 0.300. The lowest BCUT2D eigenvalue weighted by molar-refractivity contribution is -0.387. The van der Waals surface area contributed by atoms with Crippen molar-refractivity contribution in [2.24, 2.45) is 5.73 Å². The Hall–Kier alpha value is -3.07. The second-order valence-corrected chi connectivity index (χ2v) is 7.67. The van der Waals surface area contributed by atoms with Crippen LogP contribution in [-0.4, -0.2) is 36.1 Å². The van der Waals surface area contributed by atoms with E-state index in [-0.39, 0.29) is 22.9 Å². The largest absolute Gasteiger partial charge is 0.495 e. The second kappa shape index (κ2) is 8.52. The molecular formula is C20H21N3O5S. The molecule has 1 aliphatic rings. The Morgan fingerprint density at radius 3 is 2.72 bits per heavy atom. The normalized spacial score (nSPS) is 13.0. The van der Waals surface area contributed by atoms with Gasteiger partial charge in [0.15, 0.2) is 0 Å². The lowest BCUT2D eigenvalue weighted by Gasteiger charge is -2.32. The number of carbonyl (C=O) groups excluding carboxylic acids is 2. The molecule has 0 fully saturated rings. The topological polar surface area (TPSA) is 116 Å². The minimum absolute atomic E-state index is 0.0211. The first kappa shape index (κ1) is 20.7. The molecule has 0 unspecified atom stereocenters. The third-order valence-corrected chi connectivity index (χ3v) is 5.92. The minimum Gasteiger partial charge on any atom is -0.495 e. The highest BCUT2D eigenvalue weighted by Crippen LogP contribution is 2.39. The van der Waals surface area contributed by atoms with E-state index in [0.717, 1.165) is 47.5 Å². The Morgan fingerprint density at radius 1 is 1.31 bits per heavy atom. The van der Waals surface area contributed by atoms with Crippen LogP contribution in [0.4, 0.5) is 11.4 Å². The number of nitrogens with two attached hydrogens (primary N) is 1. The van der Waals surface area contributed by atoms with Crippen molar-refractivity contribution in [1.82, 2.24) is 0 Å². The molecule has 2 aromatic carbocycles. The maximum absolute atomic E-state index is 13.0. The fourth-order valence-electron chi connectivity index (χ4n) is 3.42. The van der Waals surface area contributed by atoms with Gasteiger partial charge in [-0.1, -0.05) is 6.07 Å². The first-order valence-electron chi connectivity index (χ1n) is 9.01. The molecule has 0 aliphatic carbocycles. The first-order chi connectivity index (χ1) is 13.8. The number of thioether (sulfide) groups is 1. The van der Waals surface area contributed by atoms with Crippen molar-refractivity contribution in [3.05, 3.63) is 57.1 Å². The highest BCUT2D eigenvalue weighted by atomic mass is 32.2. The number of benzene rings is 2. The van der Waals surface area contributed by atoms with Crippen LogP contribution in [0.15, 0.2) is 35.2 Å². The zero-order chi connectivity index (χ0) is 21.1. The van der Waals surface area contributed by atoms with Crippen molar-refractivity contribution in [2.75, 3.05) is 24.3 Å². The summed E-state index contributed by atoms with van der Waals surface area (Å²) in [7, 11) is 1.57. The van der Waals surface area contributed by atoms with Gasteiger partial charge in [-0.3, -0.25) is 19.7 Å². The number of nitrogens with zero attached hydrogens (tertiary/aromatic N) is 2. The van der Waals surface area contributed by atoms with Gasteiger partial charge in [-0.2, -0.15) is 0 Å². The molecule has 2 amide bonds. The molecule has 2 aromatic rings. The van der Waals surface area contributed by atoms with Gasteiger partial charge in [0.2, 0.25) is 11.8 Å². The number of aryl methyl sites for hydroxylation is 1. The van der Waals surface area contributed by atoms with E-state index in [2.05, 4.69) is 0 Å². The molecule has 9 heteroatoms. The molecule has 0 radical (unpaired) electrons. The van der Waals surface area contributed by atoms with Gasteiger partial charge < -0.3 is 15.4 Å². The van der Waals surface area contributed by atoms with Gasteiger partial charge in [-0.05, 0) is 49.1 Å². The van der Waals surface area contributed by atoms with Crippen molar-refractivity contribution in [3.8, 4) is 5.75 Å². The molecule has 0 saturated heterocycles. The van der Waals surface area contributed by atoms with E-state index < -0.39 is 10.8 Å². The van der Waals surface area contributed by atoms with E-state index in [1.54, 1.807) is 12.0 Å². The molecule has 1 aliphatic heterocycles. The zero-order valence-electron chi connectivity index (χ0n) is 16.1. The predicted octanol–water partition coefficient (Wildman–Crippen LogP) is 3.08. The number of rotatable bonds is 6. The molecule has 0 atom stereocenters. The first-order valence-corrected chi connectivity index (χ1v) is 10.00. The summed E-state index contributed by atoms with van der Waals surface area (Å²) < 4.78 is 5.46. The van der Waals surface area contributed by atoms with Gasteiger partial charge in [-0.15, -0.1) is 11.8 Å². The number of amides is 2. The second-order valence-electron chi connectivity index (χ2n) is 6.65. The average Bonchev–Trinajstić information content (AvgIpc) is 2.71. The number of nitro groups is 1. The summed E-state index contributed by atoms with van der Waals surface area (Å²) in [5, 5.41) is 11.4. The van der Waals surface area contributed by atoms with E-state index in [4.69, 9.17) is 10.5 Å². The molecular weight excluding hydrogens is 394 g/mol. The van der Waals surface area contributed by atoms with Gasteiger partial charge in [0.05, 0.1) is 28.4 Å². The van der Waals surface area contributed by atoms with E-state index in [1.165, 1.54) is 12.1 Å². The number of methoxy groups -OCH3 is 1. The summed E-state index contributed by atoms with van der Waals surface area (Å²) in [4.78, 5) is 37.0. The van der Waals surface area contributed by atoms with Crippen LogP contribution >= 0.6 is 11.8 Å². The summed E-state index contributed by atoms with van der Waals surface area (Å²) in [6.07, 6.45) is 1.71. The van der Waals surface area contributed by atoms with Crippen LogP contribution < -0.4 is 15.4 Å². The Morgan fingerprint density at radius 2 is 2.07 bits per heavy atom. The molecule has 8 nitrogen and oxygen atoms in total. The number of hydrogen-bond acceptors (Lipinski definition) is 6. The molecule has 0 spiro atoms. The molecule has 29 heavy (non-hydrogen) atoms. The Balaban J connectivity index is 1.84. The quantitative estimate of drug-likeness (QED) is 0.440. The van der Waals surface area contributed by atoms with Crippen molar-refractivity contribution in [1.29, 1.82) is 0 Å². The maximum atomic E-state index is 13.0. The number of ether oxygens (including phenoxy) is 1. The summed E-state index contributed by atoms with van der Waals surface area (Å²) in [6, 6.07) is 7.83. The summed E-state index contributed by atoms with van der Waals surface area (Å²) in [6.45, 7) is 2.57. The Labute approximate surface area is 172 Å². The summed E-state index contributed by atoms with van der Waals surface area (Å²) in [5.41, 5.74) is 7.98. The maximum Gasteiger partial charge on any atom is 0.283 e. The Bertz CT molecular complexity index is 992. The molecule has 0 saturated carbocycles. The van der Waals surface area contributed by atoms with Crippen LogP contribution in [-0.2, 0) is 11.2 Å². The van der Waals surface area contributed by atoms with Gasteiger partial charge in [-0.25, -0.2) is 0 Å². The van der Waals surface area contributed by atoms with Crippen molar-refractivity contribution < 1.29 is 19.2 Å². The highest BCUT2D eigenvalue weighted by Gasteiger charge is 2.28. The van der Waals surface area contributed by atoms with Crippen LogP contribution in [0.3, 0.4) is 0 Å². The van der Waals surface area contributed by atoms with Gasteiger partial charge in [0.25, 0.3) is 5.69 Å². The minimum atomic E-state index is -0.742. The lowest BCUT2D eigenvalue weighted by atomic mass is 9.96. The van der Waals surface area contributed by atoms with Gasteiger partial charge >= 0.3 is 0 Å². The smallest absolute Gasteiger partial charge is 0.283 e. The summed E-state index contributed by atoms with van der Waals surface area (Å²) >= 11 is 1.06. The van der Waals surface area contributed by atoms with Crippen molar-refractivity contribution >= 4 is 35.0 Å². The van der Waals surface area contributed by atoms with Crippen LogP contribution in [0.2, 0.25) is 0 Å². The number of hydrogen-bond donors (Lipinski definition) is 1. The van der Waals surface area contributed by atoms with Crippen molar-refractivity contribution in [3.63, 3.8) is 0 Å². The average molecular weight is 415 g/mol. The third kappa shape index (κ3) is 4.19. The number of carbonyl (C=O) groups is 2. The van der Waals surface area contributed by atoms with Crippen LogP contribution in [0.1, 0.15) is 27.9 Å². The third-order valence-electron chi connectivity index (χ3n) is 4.87. The molecule has 0 aromatic heterocycles. The van der Waals surface area contributed by atoms with E-state index in [0.29, 0.717) is 17.2 Å². The standard InChI is InChI=1S/C20H21N3O5S/c1-12-5-7-16(28-2)19-14(12)4-3-9-22(19)18(24)11-29-17-8-6-13(20(21)25)10-15(17)23(26)27/h5-8,10H,3-4,9,11H2,1-2H3,(H2,21,25). The zero-order valence-corrected chi connectivity index (χ0v) is 17.0. The molecule has 2 N–H and O–H groups in total.